The van der Waals surface area contributed by atoms with Gasteiger partial charge in [-0.1, -0.05) is 12.6 Å². The van der Waals surface area contributed by atoms with Crippen LogP contribution in [0.25, 0.3) is 0 Å². The molecule has 1 aromatic rings. The topological polar surface area (TPSA) is 49.3 Å². The number of nitrogens with one attached hydrogen (secondary N) is 1. The minimum atomic E-state index is -0.981. The minimum absolute atomic E-state index is 0.141. The molecule has 80 valence electrons. The zero-order valence-electron chi connectivity index (χ0n) is 8.38. The molecule has 0 saturated heterocycles. The summed E-state index contributed by atoms with van der Waals surface area (Å²) in [6, 6.07) is 5.82. The van der Waals surface area contributed by atoms with Crippen LogP contribution in [0.15, 0.2) is 34.8 Å². The van der Waals surface area contributed by atoms with E-state index in [4.69, 9.17) is 5.11 Å². The van der Waals surface area contributed by atoms with Crippen LogP contribution in [-0.4, -0.2) is 17.6 Å². The van der Waals surface area contributed by atoms with Crippen LogP contribution in [0.1, 0.15) is 5.56 Å². The van der Waals surface area contributed by atoms with Crippen molar-refractivity contribution >= 4 is 27.6 Å². The van der Waals surface area contributed by atoms with Crippen molar-refractivity contribution < 1.29 is 9.90 Å². The molecule has 0 amide bonds. The molecule has 0 aliphatic rings. The quantitative estimate of drug-likeness (QED) is 0.827. The highest BCUT2D eigenvalue weighted by atomic mass is 79.9. The van der Waals surface area contributed by atoms with Crippen molar-refractivity contribution in [2.24, 2.45) is 0 Å². The standard InChI is InChI=1S/C11H12BrNO2/c1-7-3-4-10(9(12)5-7)13-6-8(2)11(14)15/h3-5,13H,2,6H2,1H3,(H,14,15). The van der Waals surface area contributed by atoms with Gasteiger partial charge in [0.1, 0.15) is 0 Å². The van der Waals surface area contributed by atoms with E-state index in [-0.39, 0.29) is 12.1 Å². The first-order valence-electron chi connectivity index (χ1n) is 4.42. The van der Waals surface area contributed by atoms with Crippen LogP contribution in [-0.2, 0) is 4.79 Å². The van der Waals surface area contributed by atoms with Gasteiger partial charge >= 0.3 is 5.97 Å². The summed E-state index contributed by atoms with van der Waals surface area (Å²) in [5.74, 6) is -0.981. The summed E-state index contributed by atoms with van der Waals surface area (Å²) in [4.78, 5) is 10.5. The van der Waals surface area contributed by atoms with Crippen molar-refractivity contribution in [2.75, 3.05) is 11.9 Å². The maximum absolute atomic E-state index is 10.5. The van der Waals surface area contributed by atoms with Gasteiger partial charge in [-0.2, -0.15) is 0 Å². The van der Waals surface area contributed by atoms with Gasteiger partial charge in [0.05, 0.1) is 0 Å². The molecule has 3 nitrogen and oxygen atoms in total. The van der Waals surface area contributed by atoms with Gasteiger partial charge in [-0.25, -0.2) is 4.79 Å². The fraction of sp³-hybridized carbons (Fsp3) is 0.182. The number of aryl methyl sites for hydroxylation is 1. The number of carboxylic acid groups (broad SMARTS) is 1. The number of benzene rings is 1. The number of hydrogen-bond donors (Lipinski definition) is 2. The number of carboxylic acids is 1. The van der Waals surface area contributed by atoms with E-state index >= 15 is 0 Å². The van der Waals surface area contributed by atoms with Crippen LogP contribution in [0.5, 0.6) is 0 Å². The SMILES string of the molecule is C=C(CNc1ccc(C)cc1Br)C(=O)O. The van der Waals surface area contributed by atoms with Gasteiger partial charge in [-0.15, -0.1) is 0 Å². The Kier molecular flexibility index (Phi) is 3.91. The number of carbonyl (C=O) groups is 1. The Labute approximate surface area is 96.9 Å². The second-order valence-electron chi connectivity index (χ2n) is 3.25. The molecule has 4 heteroatoms. The van der Waals surface area contributed by atoms with E-state index in [1.807, 2.05) is 25.1 Å². The van der Waals surface area contributed by atoms with E-state index in [0.717, 1.165) is 15.7 Å². The van der Waals surface area contributed by atoms with Crippen molar-refractivity contribution in [3.8, 4) is 0 Å². The Morgan fingerprint density at radius 2 is 2.27 bits per heavy atom. The minimum Gasteiger partial charge on any atom is -0.478 e. The van der Waals surface area contributed by atoms with E-state index in [0.29, 0.717) is 0 Å². The highest BCUT2D eigenvalue weighted by molar-refractivity contribution is 9.10. The molecule has 0 aliphatic carbocycles. The fourth-order valence-electron chi connectivity index (χ4n) is 1.04. The van der Waals surface area contributed by atoms with Crippen LogP contribution in [0.2, 0.25) is 0 Å². The lowest BCUT2D eigenvalue weighted by molar-refractivity contribution is -0.132. The van der Waals surface area contributed by atoms with E-state index in [9.17, 15) is 4.79 Å². The lowest BCUT2D eigenvalue weighted by Crippen LogP contribution is -2.11. The predicted octanol–water partition coefficient (Wildman–Crippen LogP) is 2.81. The molecule has 0 aromatic heterocycles. The summed E-state index contributed by atoms with van der Waals surface area (Å²) in [6.45, 7) is 5.66. The van der Waals surface area contributed by atoms with E-state index in [1.165, 1.54) is 0 Å². The normalized spacial score (nSPS) is 9.73. The predicted molar refractivity (Wildman–Crippen MR) is 64.1 cm³/mol. The highest BCUT2D eigenvalue weighted by Gasteiger charge is 2.04. The molecule has 0 saturated carbocycles. The Hall–Kier alpha value is -1.29. The van der Waals surface area contributed by atoms with Gasteiger partial charge in [0.25, 0.3) is 0 Å². The zero-order chi connectivity index (χ0) is 11.4. The first kappa shape index (κ1) is 11.8. The molecule has 0 unspecified atom stereocenters. The number of hydrogen-bond acceptors (Lipinski definition) is 2. The molecular weight excluding hydrogens is 258 g/mol. The molecule has 0 aliphatic heterocycles. The van der Waals surface area contributed by atoms with Gasteiger partial charge in [-0.05, 0) is 40.5 Å². The van der Waals surface area contributed by atoms with Crippen molar-refractivity contribution in [3.05, 3.63) is 40.4 Å². The molecule has 0 radical (unpaired) electrons. The van der Waals surface area contributed by atoms with Gasteiger partial charge in [-0.3, -0.25) is 0 Å². The van der Waals surface area contributed by atoms with Crippen LogP contribution in [0.4, 0.5) is 5.69 Å². The summed E-state index contributed by atoms with van der Waals surface area (Å²) >= 11 is 3.39. The van der Waals surface area contributed by atoms with E-state index < -0.39 is 5.97 Å². The van der Waals surface area contributed by atoms with Crippen molar-refractivity contribution in [2.45, 2.75) is 6.92 Å². The van der Waals surface area contributed by atoms with Crippen LogP contribution < -0.4 is 5.32 Å². The third kappa shape index (κ3) is 3.40. The van der Waals surface area contributed by atoms with Crippen LogP contribution in [0.3, 0.4) is 0 Å². The first-order valence-corrected chi connectivity index (χ1v) is 5.21. The first-order chi connectivity index (χ1) is 7.00. The summed E-state index contributed by atoms with van der Waals surface area (Å²) < 4.78 is 0.917. The smallest absolute Gasteiger partial charge is 0.332 e. The molecule has 0 heterocycles. The highest BCUT2D eigenvalue weighted by Crippen LogP contribution is 2.23. The molecule has 0 spiro atoms. The van der Waals surface area contributed by atoms with Crippen molar-refractivity contribution in [1.29, 1.82) is 0 Å². The van der Waals surface area contributed by atoms with Crippen LogP contribution >= 0.6 is 15.9 Å². The molecule has 2 N–H and O–H groups in total. The Balaban J connectivity index is 2.66. The molecule has 0 fully saturated rings. The average molecular weight is 270 g/mol. The largest absolute Gasteiger partial charge is 0.478 e. The molecule has 15 heavy (non-hydrogen) atoms. The average Bonchev–Trinajstić information content (AvgIpc) is 2.15. The lowest BCUT2D eigenvalue weighted by atomic mass is 10.2. The van der Waals surface area contributed by atoms with Gasteiger partial charge < -0.3 is 10.4 Å². The fourth-order valence-corrected chi connectivity index (χ4v) is 1.67. The van der Waals surface area contributed by atoms with Gasteiger partial charge in [0.2, 0.25) is 0 Å². The Morgan fingerprint density at radius 1 is 1.60 bits per heavy atom. The van der Waals surface area contributed by atoms with Gasteiger partial charge in [0, 0.05) is 22.3 Å². The molecule has 0 bridgehead atoms. The van der Waals surface area contributed by atoms with Crippen molar-refractivity contribution in [1.82, 2.24) is 0 Å². The summed E-state index contributed by atoms with van der Waals surface area (Å²) in [6.07, 6.45) is 0. The summed E-state index contributed by atoms with van der Waals surface area (Å²) in [5, 5.41) is 11.6. The maximum atomic E-state index is 10.5. The third-order valence-electron chi connectivity index (χ3n) is 1.92. The number of anilines is 1. The Bertz CT molecular complexity index is 402. The number of rotatable bonds is 4. The summed E-state index contributed by atoms with van der Waals surface area (Å²) in [5.41, 5.74) is 2.15. The third-order valence-corrected chi connectivity index (χ3v) is 2.58. The summed E-state index contributed by atoms with van der Waals surface area (Å²) in [7, 11) is 0. The molecule has 1 aromatic carbocycles. The number of halogens is 1. The van der Waals surface area contributed by atoms with Crippen LogP contribution in [0, 0.1) is 6.92 Å². The second-order valence-corrected chi connectivity index (χ2v) is 4.10. The molecule has 1 rings (SSSR count). The molecular formula is C11H12BrNO2. The second kappa shape index (κ2) is 4.98. The zero-order valence-corrected chi connectivity index (χ0v) is 9.97. The monoisotopic (exact) mass is 269 g/mol. The van der Waals surface area contributed by atoms with E-state index in [2.05, 4.69) is 27.8 Å². The van der Waals surface area contributed by atoms with Gasteiger partial charge in [0.15, 0.2) is 0 Å². The maximum Gasteiger partial charge on any atom is 0.332 e. The Morgan fingerprint density at radius 3 is 2.80 bits per heavy atom. The number of aliphatic carboxylic acids is 1. The van der Waals surface area contributed by atoms with Crippen molar-refractivity contribution in [3.63, 3.8) is 0 Å². The molecule has 0 atom stereocenters. The van der Waals surface area contributed by atoms with E-state index in [1.54, 1.807) is 0 Å². The lowest BCUT2D eigenvalue weighted by Gasteiger charge is -2.08.